The van der Waals surface area contributed by atoms with Crippen LogP contribution in [0.3, 0.4) is 0 Å². The Kier molecular flexibility index (Phi) is 4.10. The van der Waals surface area contributed by atoms with E-state index in [1.807, 2.05) is 0 Å². The highest BCUT2D eigenvalue weighted by Crippen LogP contribution is 2.30. The van der Waals surface area contributed by atoms with Crippen LogP contribution in [-0.2, 0) is 22.9 Å². The van der Waals surface area contributed by atoms with Crippen LogP contribution in [0.15, 0.2) is 47.4 Å². The maximum atomic E-state index is 12.6. The van der Waals surface area contributed by atoms with Gasteiger partial charge in [0.25, 0.3) is 0 Å². The number of nitrogens with one attached hydrogen (secondary N) is 2. The van der Waals surface area contributed by atoms with Crippen molar-refractivity contribution in [3.8, 4) is 0 Å². The SMILES string of the molecule is Cc1ccc2[nH]c3c(c2c1)CCC(NS(=O)(=O)c1ccc(Cl)cc1)C3. The molecule has 0 amide bonds. The standard InChI is InChI=1S/C19H19ClN2O2S/c1-12-2-9-18-17(10-12)16-8-5-14(11-19(16)21-18)22-25(23,24)15-6-3-13(20)4-7-15/h2-4,6-7,9-10,14,21-22H,5,8,11H2,1H3. The highest BCUT2D eigenvalue weighted by atomic mass is 35.5. The molecule has 1 aliphatic carbocycles. The van der Waals surface area contributed by atoms with Crippen LogP contribution in [0.1, 0.15) is 23.2 Å². The highest BCUT2D eigenvalue weighted by molar-refractivity contribution is 7.89. The van der Waals surface area contributed by atoms with Crippen LogP contribution >= 0.6 is 11.6 Å². The van der Waals surface area contributed by atoms with Crippen molar-refractivity contribution >= 4 is 32.5 Å². The lowest BCUT2D eigenvalue weighted by atomic mass is 9.92. The normalized spacial score (nSPS) is 17.6. The summed E-state index contributed by atoms with van der Waals surface area (Å²) in [7, 11) is -3.54. The van der Waals surface area contributed by atoms with Gasteiger partial charge in [-0.2, -0.15) is 0 Å². The van der Waals surface area contributed by atoms with Crippen LogP contribution in [0, 0.1) is 6.92 Å². The minimum absolute atomic E-state index is 0.109. The predicted molar refractivity (Wildman–Crippen MR) is 101 cm³/mol. The van der Waals surface area contributed by atoms with Crippen molar-refractivity contribution in [1.29, 1.82) is 0 Å². The number of aromatic nitrogens is 1. The van der Waals surface area contributed by atoms with Crippen LogP contribution < -0.4 is 4.72 Å². The molecule has 0 bridgehead atoms. The fourth-order valence-corrected chi connectivity index (χ4v) is 4.94. The van der Waals surface area contributed by atoms with E-state index in [2.05, 4.69) is 34.8 Å². The van der Waals surface area contributed by atoms with Gasteiger partial charge in [-0.3, -0.25) is 0 Å². The Balaban J connectivity index is 1.58. The number of fused-ring (bicyclic) bond motifs is 3. The van der Waals surface area contributed by atoms with Crippen molar-refractivity contribution in [2.45, 2.75) is 37.1 Å². The predicted octanol–water partition coefficient (Wildman–Crippen LogP) is 3.97. The molecule has 1 aliphatic rings. The van der Waals surface area contributed by atoms with Gasteiger partial charge in [-0.25, -0.2) is 13.1 Å². The average Bonchev–Trinajstić information content (AvgIpc) is 2.92. The van der Waals surface area contributed by atoms with Gasteiger partial charge in [0.15, 0.2) is 0 Å². The Morgan fingerprint density at radius 3 is 2.68 bits per heavy atom. The van der Waals surface area contributed by atoms with E-state index in [4.69, 9.17) is 11.6 Å². The van der Waals surface area contributed by atoms with Crippen molar-refractivity contribution in [2.75, 3.05) is 0 Å². The molecule has 1 unspecified atom stereocenters. The Morgan fingerprint density at radius 1 is 1.16 bits per heavy atom. The van der Waals surface area contributed by atoms with Gasteiger partial charge in [0.1, 0.15) is 0 Å². The zero-order chi connectivity index (χ0) is 17.6. The van der Waals surface area contributed by atoms with Crippen LogP contribution in [0.5, 0.6) is 0 Å². The molecule has 1 heterocycles. The number of hydrogen-bond acceptors (Lipinski definition) is 2. The molecule has 1 aromatic heterocycles. The lowest BCUT2D eigenvalue weighted by molar-refractivity contribution is 0.505. The van der Waals surface area contributed by atoms with Crippen LogP contribution in [0.4, 0.5) is 0 Å². The molecule has 4 nitrogen and oxygen atoms in total. The lowest BCUT2D eigenvalue weighted by Crippen LogP contribution is -2.38. The third-order valence-electron chi connectivity index (χ3n) is 4.79. The van der Waals surface area contributed by atoms with E-state index in [-0.39, 0.29) is 10.9 Å². The number of aromatic amines is 1. The molecule has 2 aromatic carbocycles. The number of aryl methyl sites for hydroxylation is 2. The molecule has 0 spiro atoms. The van der Waals surface area contributed by atoms with Crippen molar-refractivity contribution in [2.24, 2.45) is 0 Å². The molecule has 6 heteroatoms. The second-order valence-electron chi connectivity index (χ2n) is 6.65. The summed E-state index contributed by atoms with van der Waals surface area (Å²) in [6.45, 7) is 2.09. The van der Waals surface area contributed by atoms with E-state index in [0.29, 0.717) is 11.4 Å². The van der Waals surface area contributed by atoms with E-state index in [1.54, 1.807) is 12.1 Å². The molecular weight excluding hydrogens is 356 g/mol. The summed E-state index contributed by atoms with van der Waals surface area (Å²) in [5.74, 6) is 0. The molecule has 2 N–H and O–H groups in total. The van der Waals surface area contributed by atoms with Crippen molar-refractivity contribution < 1.29 is 8.42 Å². The summed E-state index contributed by atoms with van der Waals surface area (Å²) in [6.07, 6.45) is 2.34. The Hall–Kier alpha value is -1.82. The maximum absolute atomic E-state index is 12.6. The number of halogens is 1. The average molecular weight is 375 g/mol. The van der Waals surface area contributed by atoms with E-state index in [0.717, 1.165) is 24.1 Å². The summed E-state index contributed by atoms with van der Waals surface area (Å²) in [6, 6.07) is 12.5. The first-order valence-corrected chi connectivity index (χ1v) is 10.2. The monoisotopic (exact) mass is 374 g/mol. The van der Waals surface area contributed by atoms with Crippen LogP contribution in [0.2, 0.25) is 5.02 Å². The molecule has 0 radical (unpaired) electrons. The number of H-pyrrole nitrogens is 1. The lowest BCUT2D eigenvalue weighted by Gasteiger charge is -2.23. The molecule has 4 rings (SSSR count). The molecule has 3 aromatic rings. The van der Waals surface area contributed by atoms with Gasteiger partial charge in [-0.15, -0.1) is 0 Å². The van der Waals surface area contributed by atoms with Crippen molar-refractivity contribution in [3.05, 3.63) is 64.3 Å². The first kappa shape index (κ1) is 16.6. The van der Waals surface area contributed by atoms with Gasteiger partial charge in [0.2, 0.25) is 10.0 Å². The van der Waals surface area contributed by atoms with Gasteiger partial charge in [-0.05, 0) is 61.7 Å². The fourth-order valence-electron chi connectivity index (χ4n) is 3.55. The van der Waals surface area contributed by atoms with Gasteiger partial charge >= 0.3 is 0 Å². The molecule has 130 valence electrons. The smallest absolute Gasteiger partial charge is 0.240 e. The van der Waals surface area contributed by atoms with Crippen molar-refractivity contribution in [3.63, 3.8) is 0 Å². The summed E-state index contributed by atoms with van der Waals surface area (Å²) in [5, 5.41) is 1.78. The Bertz CT molecular complexity index is 1040. The highest BCUT2D eigenvalue weighted by Gasteiger charge is 2.26. The Morgan fingerprint density at radius 2 is 1.92 bits per heavy atom. The van der Waals surface area contributed by atoms with Gasteiger partial charge in [0.05, 0.1) is 4.90 Å². The first-order chi connectivity index (χ1) is 11.9. The first-order valence-electron chi connectivity index (χ1n) is 8.30. The maximum Gasteiger partial charge on any atom is 0.240 e. The third-order valence-corrected chi connectivity index (χ3v) is 6.58. The number of rotatable bonds is 3. The molecular formula is C19H19ClN2O2S. The minimum atomic E-state index is -3.54. The zero-order valence-corrected chi connectivity index (χ0v) is 15.4. The number of sulfonamides is 1. The van der Waals surface area contributed by atoms with Crippen LogP contribution in [-0.4, -0.2) is 19.4 Å². The molecule has 0 aliphatic heterocycles. The summed E-state index contributed by atoms with van der Waals surface area (Å²) < 4.78 is 28.0. The zero-order valence-electron chi connectivity index (χ0n) is 13.8. The molecule has 0 saturated carbocycles. The number of benzene rings is 2. The molecule has 25 heavy (non-hydrogen) atoms. The second-order valence-corrected chi connectivity index (χ2v) is 8.80. The fraction of sp³-hybridized carbons (Fsp3) is 0.263. The number of hydrogen-bond donors (Lipinski definition) is 2. The van der Waals surface area contributed by atoms with E-state index >= 15 is 0 Å². The summed E-state index contributed by atoms with van der Waals surface area (Å²) >= 11 is 5.84. The summed E-state index contributed by atoms with van der Waals surface area (Å²) in [5.41, 5.74) is 4.81. The van der Waals surface area contributed by atoms with Gasteiger partial charge < -0.3 is 4.98 Å². The largest absolute Gasteiger partial charge is 0.358 e. The Labute approximate surface area is 152 Å². The van der Waals surface area contributed by atoms with Crippen LogP contribution in [0.25, 0.3) is 10.9 Å². The van der Waals surface area contributed by atoms with Crippen molar-refractivity contribution in [1.82, 2.24) is 9.71 Å². The van der Waals surface area contributed by atoms with E-state index in [9.17, 15) is 8.42 Å². The quantitative estimate of drug-likeness (QED) is 0.728. The minimum Gasteiger partial charge on any atom is -0.358 e. The van der Waals surface area contributed by atoms with E-state index < -0.39 is 10.0 Å². The third kappa shape index (κ3) is 3.19. The van der Waals surface area contributed by atoms with E-state index in [1.165, 1.54) is 28.6 Å². The molecule has 0 fully saturated rings. The molecule has 1 atom stereocenters. The topological polar surface area (TPSA) is 62.0 Å². The molecule has 0 saturated heterocycles. The summed E-state index contributed by atoms with van der Waals surface area (Å²) in [4.78, 5) is 3.70. The van der Waals surface area contributed by atoms with Gasteiger partial charge in [0, 0.05) is 34.1 Å². The second kappa shape index (κ2) is 6.16. The van der Waals surface area contributed by atoms with Gasteiger partial charge in [-0.1, -0.05) is 23.2 Å².